The van der Waals surface area contributed by atoms with Crippen LogP contribution in [-0.4, -0.2) is 42.2 Å². The molecule has 0 spiro atoms. The van der Waals surface area contributed by atoms with Gasteiger partial charge < -0.3 is 10.6 Å². The van der Waals surface area contributed by atoms with Gasteiger partial charge in [-0.25, -0.2) is 4.68 Å². The second-order valence-electron chi connectivity index (χ2n) is 9.62. The summed E-state index contributed by atoms with van der Waals surface area (Å²) in [5.74, 6) is -0.338. The Hall–Kier alpha value is -3.77. The summed E-state index contributed by atoms with van der Waals surface area (Å²) in [5.41, 5.74) is 2.69. The van der Waals surface area contributed by atoms with Gasteiger partial charge in [0.05, 0.1) is 39.9 Å². The van der Waals surface area contributed by atoms with Crippen molar-refractivity contribution in [1.82, 2.24) is 35.1 Å². The normalized spacial score (nSPS) is 11.8. The molecule has 13 heteroatoms. The van der Waals surface area contributed by atoms with E-state index in [1.807, 2.05) is 27.8 Å². The predicted octanol–water partition coefficient (Wildman–Crippen LogP) is 5.35. The Kier molecular flexibility index (Phi) is 8.07. The van der Waals surface area contributed by atoms with E-state index in [1.54, 1.807) is 30.1 Å². The minimum Gasteiger partial charge on any atom is -0.322 e. The second-order valence-corrected chi connectivity index (χ2v) is 10.00. The van der Waals surface area contributed by atoms with Crippen LogP contribution in [0.4, 0.5) is 18.9 Å². The number of pyridine rings is 1. The van der Waals surface area contributed by atoms with Gasteiger partial charge in [-0.15, -0.1) is 5.10 Å². The lowest BCUT2D eigenvalue weighted by Gasteiger charge is -2.17. The number of amides is 1. The maximum absolute atomic E-state index is 13.7. The van der Waals surface area contributed by atoms with E-state index in [9.17, 15) is 18.0 Å². The van der Waals surface area contributed by atoms with Crippen LogP contribution >= 0.6 is 11.6 Å². The van der Waals surface area contributed by atoms with E-state index in [2.05, 4.69) is 31.0 Å². The van der Waals surface area contributed by atoms with Crippen molar-refractivity contribution in [2.45, 2.75) is 40.4 Å². The topological polar surface area (TPSA) is 103 Å². The maximum atomic E-state index is 13.7. The van der Waals surface area contributed by atoms with Gasteiger partial charge in [0, 0.05) is 36.7 Å². The molecule has 3 aromatic heterocycles. The lowest BCUT2D eigenvalue weighted by molar-refractivity contribution is -0.137. The van der Waals surface area contributed by atoms with Gasteiger partial charge >= 0.3 is 6.18 Å². The molecule has 4 aromatic rings. The standard InChI is InChI=1S/C26H28ClF3N8O/c1-14(2)9-31-10-17-6-19(8-21(24(17)27)26(28,29)30)34-25(39)18-7-23(15(3)32-11-18)38-13-22(35-36-38)20-12-33-37(5)16(20)4/h6-8,11-14,31H,9-10H2,1-5H3,(H,34,39). The number of rotatable bonds is 8. The number of carbonyl (C=O) groups excluding carboxylic acids is 1. The molecule has 206 valence electrons. The molecule has 1 amide bonds. The molecule has 39 heavy (non-hydrogen) atoms. The van der Waals surface area contributed by atoms with Crippen LogP contribution in [0.15, 0.2) is 36.8 Å². The summed E-state index contributed by atoms with van der Waals surface area (Å²) in [6.07, 6.45) is 0.0388. The Morgan fingerprint density at radius 2 is 1.90 bits per heavy atom. The third kappa shape index (κ3) is 6.28. The minimum atomic E-state index is -4.69. The summed E-state index contributed by atoms with van der Waals surface area (Å²) in [4.78, 5) is 17.4. The molecule has 0 unspecified atom stereocenters. The number of hydrogen-bond donors (Lipinski definition) is 2. The molecular weight excluding hydrogens is 533 g/mol. The highest BCUT2D eigenvalue weighted by Crippen LogP contribution is 2.38. The fraction of sp³-hybridized carbons (Fsp3) is 0.346. The smallest absolute Gasteiger partial charge is 0.322 e. The van der Waals surface area contributed by atoms with Gasteiger partial charge in [-0.3, -0.25) is 14.5 Å². The van der Waals surface area contributed by atoms with Crippen molar-refractivity contribution < 1.29 is 18.0 Å². The van der Waals surface area contributed by atoms with Crippen molar-refractivity contribution in [1.29, 1.82) is 0 Å². The van der Waals surface area contributed by atoms with Crippen LogP contribution in [0.1, 0.15) is 46.7 Å². The van der Waals surface area contributed by atoms with Crippen molar-refractivity contribution in [3.8, 4) is 16.9 Å². The van der Waals surface area contributed by atoms with Crippen LogP contribution in [0.5, 0.6) is 0 Å². The third-order valence-corrected chi connectivity index (χ3v) is 6.60. The molecule has 0 saturated heterocycles. The molecule has 0 aliphatic carbocycles. The Bertz CT molecular complexity index is 1510. The van der Waals surface area contributed by atoms with Gasteiger partial charge in [-0.05, 0) is 50.1 Å². The Morgan fingerprint density at radius 1 is 1.15 bits per heavy atom. The van der Waals surface area contributed by atoms with E-state index >= 15 is 0 Å². The first kappa shape index (κ1) is 28.2. The molecule has 3 heterocycles. The summed E-state index contributed by atoms with van der Waals surface area (Å²) in [6, 6.07) is 3.82. The molecule has 0 radical (unpaired) electrons. The lowest BCUT2D eigenvalue weighted by Crippen LogP contribution is -2.21. The number of carbonyl (C=O) groups is 1. The molecule has 1 aromatic carbocycles. The highest BCUT2D eigenvalue weighted by molar-refractivity contribution is 6.32. The van der Waals surface area contributed by atoms with Crippen molar-refractivity contribution in [2.24, 2.45) is 13.0 Å². The molecule has 0 atom stereocenters. The largest absolute Gasteiger partial charge is 0.417 e. The van der Waals surface area contributed by atoms with Crippen LogP contribution < -0.4 is 10.6 Å². The highest BCUT2D eigenvalue weighted by Gasteiger charge is 2.35. The van der Waals surface area contributed by atoms with Gasteiger partial charge in [-0.2, -0.15) is 18.3 Å². The predicted molar refractivity (Wildman–Crippen MR) is 142 cm³/mol. The number of nitrogens with one attached hydrogen (secondary N) is 2. The lowest BCUT2D eigenvalue weighted by atomic mass is 10.1. The Morgan fingerprint density at radius 3 is 2.54 bits per heavy atom. The molecule has 4 rings (SSSR count). The van der Waals surface area contributed by atoms with E-state index in [-0.39, 0.29) is 23.4 Å². The van der Waals surface area contributed by atoms with Crippen LogP contribution in [-0.2, 0) is 19.8 Å². The first-order chi connectivity index (χ1) is 18.3. The fourth-order valence-electron chi connectivity index (χ4n) is 3.92. The highest BCUT2D eigenvalue weighted by atomic mass is 35.5. The van der Waals surface area contributed by atoms with Crippen molar-refractivity contribution >= 4 is 23.2 Å². The Labute approximate surface area is 228 Å². The van der Waals surface area contributed by atoms with Gasteiger partial charge in [0.25, 0.3) is 5.91 Å². The quantitative estimate of drug-likeness (QED) is 0.301. The number of nitrogens with zero attached hydrogens (tertiary/aromatic N) is 6. The van der Waals surface area contributed by atoms with E-state index in [1.165, 1.54) is 16.9 Å². The molecule has 0 aliphatic heterocycles. The van der Waals surface area contributed by atoms with Gasteiger partial charge in [-0.1, -0.05) is 30.7 Å². The van der Waals surface area contributed by atoms with Crippen LogP contribution in [0, 0.1) is 19.8 Å². The maximum Gasteiger partial charge on any atom is 0.417 e. The molecule has 0 bridgehead atoms. The van der Waals surface area contributed by atoms with Crippen molar-refractivity contribution in [3.63, 3.8) is 0 Å². The Balaban J connectivity index is 1.62. The molecule has 0 aliphatic rings. The fourth-order valence-corrected chi connectivity index (χ4v) is 4.21. The zero-order chi connectivity index (χ0) is 28.5. The number of alkyl halides is 3. The van der Waals surface area contributed by atoms with Crippen molar-refractivity contribution in [2.75, 3.05) is 11.9 Å². The molecule has 0 saturated carbocycles. The number of halogens is 4. The number of benzene rings is 1. The van der Waals surface area contributed by atoms with E-state index in [0.717, 1.165) is 17.3 Å². The van der Waals surface area contributed by atoms with Gasteiger partial charge in [0.2, 0.25) is 0 Å². The summed E-state index contributed by atoms with van der Waals surface area (Å²) < 4.78 is 44.3. The van der Waals surface area contributed by atoms with E-state index < -0.39 is 22.7 Å². The van der Waals surface area contributed by atoms with E-state index in [0.29, 0.717) is 29.5 Å². The van der Waals surface area contributed by atoms with Crippen LogP contribution in [0.2, 0.25) is 5.02 Å². The SMILES string of the molecule is Cc1ncc(C(=O)Nc2cc(CNCC(C)C)c(Cl)c(C(F)(F)F)c2)cc1-n1cc(-c2cnn(C)c2C)nn1. The second kappa shape index (κ2) is 11.1. The van der Waals surface area contributed by atoms with Crippen LogP contribution in [0.25, 0.3) is 16.9 Å². The van der Waals surface area contributed by atoms with Crippen LogP contribution in [0.3, 0.4) is 0 Å². The molecule has 9 nitrogen and oxygen atoms in total. The summed E-state index contributed by atoms with van der Waals surface area (Å²) in [5, 5.41) is 17.8. The summed E-state index contributed by atoms with van der Waals surface area (Å²) in [7, 11) is 1.82. The van der Waals surface area contributed by atoms with E-state index in [4.69, 9.17) is 11.6 Å². The molecule has 0 fully saturated rings. The van der Waals surface area contributed by atoms with Gasteiger partial charge in [0.15, 0.2) is 0 Å². The van der Waals surface area contributed by atoms with Crippen molar-refractivity contribution in [3.05, 3.63) is 69.9 Å². The zero-order valence-corrected chi connectivity index (χ0v) is 22.8. The zero-order valence-electron chi connectivity index (χ0n) is 22.1. The number of aromatic nitrogens is 6. The average molecular weight is 561 g/mol. The average Bonchev–Trinajstić information content (AvgIpc) is 3.47. The van der Waals surface area contributed by atoms with Gasteiger partial charge in [0.1, 0.15) is 5.69 Å². The summed E-state index contributed by atoms with van der Waals surface area (Å²) >= 11 is 6.09. The summed E-state index contributed by atoms with van der Waals surface area (Å²) in [6.45, 7) is 8.33. The third-order valence-electron chi connectivity index (χ3n) is 6.15. The number of hydrogen-bond acceptors (Lipinski definition) is 6. The first-order valence-corrected chi connectivity index (χ1v) is 12.5. The monoisotopic (exact) mass is 560 g/mol. The first-order valence-electron chi connectivity index (χ1n) is 12.1. The molecule has 2 N–H and O–H groups in total. The molecular formula is C26H28ClF3N8O. The number of anilines is 1. The number of aryl methyl sites for hydroxylation is 2. The minimum absolute atomic E-state index is 0.0321.